The molecular weight excluding hydrogens is 1410 g/mol. The third-order valence-corrected chi connectivity index (χ3v) is 20.9. The number of aromatic hydroxyl groups is 1. The summed E-state index contributed by atoms with van der Waals surface area (Å²) in [5.74, 6) is -7.90. The van der Waals surface area contributed by atoms with Crippen LogP contribution in [0.1, 0.15) is 93.0 Å². The molecule has 0 radical (unpaired) electrons. The molecule has 2 saturated heterocycles. The molecule has 0 bridgehead atoms. The zero-order valence-electron chi connectivity index (χ0n) is 60.7. The van der Waals surface area contributed by atoms with Gasteiger partial charge in [-0.05, 0) is 117 Å². The maximum Gasteiger partial charge on any atom is 0.407 e. The van der Waals surface area contributed by atoms with Gasteiger partial charge in [0.1, 0.15) is 48.0 Å². The number of carboxylic acid groups (broad SMARTS) is 1. The molecular formula is C76H103N15O14S2. The van der Waals surface area contributed by atoms with E-state index in [-0.39, 0.29) is 68.4 Å². The number of benzene rings is 4. The number of para-hydroxylation sites is 1. The second kappa shape index (κ2) is 40.1. The molecule has 31 heteroatoms. The fourth-order valence-electron chi connectivity index (χ4n) is 14.4. The Morgan fingerprint density at radius 1 is 0.617 bits per heavy atom. The highest BCUT2D eigenvalue weighted by Crippen LogP contribution is 2.45. The van der Waals surface area contributed by atoms with Crippen LogP contribution in [-0.4, -0.2) is 243 Å². The molecule has 107 heavy (non-hydrogen) atoms. The van der Waals surface area contributed by atoms with E-state index in [0.717, 1.165) is 32.4 Å². The number of carboxylic acids is 1. The van der Waals surface area contributed by atoms with E-state index in [1.54, 1.807) is 55.6 Å². The summed E-state index contributed by atoms with van der Waals surface area (Å²) in [6.45, 7) is 10.6. The second-order valence-corrected chi connectivity index (χ2v) is 28.7. The first-order valence-electron chi connectivity index (χ1n) is 36.9. The molecule has 9 rings (SSSR count). The van der Waals surface area contributed by atoms with E-state index in [2.05, 4.69) is 124 Å². The van der Waals surface area contributed by atoms with Crippen molar-refractivity contribution in [2.75, 3.05) is 83.6 Å². The van der Waals surface area contributed by atoms with Crippen molar-refractivity contribution in [3.8, 4) is 5.75 Å². The summed E-state index contributed by atoms with van der Waals surface area (Å²) < 4.78 is 5.86. The molecule has 578 valence electrons. The number of unbranched alkanes of at least 4 members (excludes halogenated alkanes) is 1. The lowest BCUT2D eigenvalue weighted by atomic mass is 9.72. The van der Waals surface area contributed by atoms with Gasteiger partial charge in [0.15, 0.2) is 6.04 Å². The number of amides is 9. The van der Waals surface area contributed by atoms with Crippen molar-refractivity contribution in [3.05, 3.63) is 137 Å². The topological polar surface area (TPSA) is 416 Å². The van der Waals surface area contributed by atoms with Gasteiger partial charge in [-0.2, -0.15) is 25.3 Å². The number of hydrogen-bond acceptors (Lipinski definition) is 19. The first-order chi connectivity index (χ1) is 51.6. The molecule has 2 fully saturated rings. The molecule has 0 spiro atoms. The molecule has 2 unspecified atom stereocenters. The lowest BCUT2D eigenvalue weighted by Gasteiger charge is -2.47. The van der Waals surface area contributed by atoms with Crippen molar-refractivity contribution in [1.29, 1.82) is 0 Å². The van der Waals surface area contributed by atoms with E-state index in [4.69, 9.17) is 10.5 Å². The van der Waals surface area contributed by atoms with Crippen LogP contribution < -0.4 is 53.6 Å². The third-order valence-electron chi connectivity index (χ3n) is 20.1. The maximum absolute atomic E-state index is 15.1. The Morgan fingerprint density at radius 2 is 1.18 bits per heavy atom. The number of nitrogens with one attached hydrogen (secondary N) is 11. The second-order valence-electron chi connectivity index (χ2n) is 27.9. The number of fused-ring (bicyclic) bond motifs is 3. The number of phenolic OH excluding ortho intramolecular Hbond substituents is 1. The molecule has 29 nitrogen and oxygen atoms in total. The SMILES string of the molecule is CCCN1C[C@H](COC(=O)NCCN2CCN(CC(=O)N[C@H](Cc3ccccc3)C(=O)N[C@@H](CS)C(=O)N[C@@H](Cc3ccc(O)cc3)C(=O)N[C@H](Cc3c[nH]c4ccccc34)C(=O)N[C@@H](CCCCN)C(=O)N[C@@H](CC)C(=O)N[C@@H](CS)C(=O)N[C@H](C(=O)O)[C@@H](C)O)CC2)CC2c3cccc4[nH]cc(c34)CC21. The van der Waals surface area contributed by atoms with Crippen LogP contribution in [0.5, 0.6) is 5.75 Å². The monoisotopic (exact) mass is 1510 g/mol. The van der Waals surface area contributed by atoms with E-state index in [1.807, 2.05) is 29.2 Å². The number of rotatable bonds is 39. The van der Waals surface area contributed by atoms with Crippen LogP contribution in [0.4, 0.5) is 4.79 Å². The Kier molecular flexibility index (Phi) is 30.7. The van der Waals surface area contributed by atoms with Crippen molar-refractivity contribution in [1.82, 2.24) is 72.5 Å². The Bertz CT molecular complexity index is 4010. The average Bonchev–Trinajstić information content (AvgIpc) is 1.70. The molecule has 1 aliphatic carbocycles. The van der Waals surface area contributed by atoms with Crippen LogP contribution in [0.15, 0.2) is 109 Å². The van der Waals surface area contributed by atoms with Gasteiger partial charge in [0.25, 0.3) is 0 Å². The number of hydrogen-bond donors (Lipinski definition) is 17. The van der Waals surface area contributed by atoms with Gasteiger partial charge >= 0.3 is 12.1 Å². The van der Waals surface area contributed by atoms with Crippen molar-refractivity contribution in [2.24, 2.45) is 11.7 Å². The number of H-pyrrole nitrogens is 2. The van der Waals surface area contributed by atoms with Gasteiger partial charge in [0.05, 0.1) is 19.3 Å². The lowest BCUT2D eigenvalue weighted by Crippen LogP contribution is -2.61. The number of ether oxygens (including phenoxy) is 1. The van der Waals surface area contributed by atoms with Crippen LogP contribution in [0.2, 0.25) is 0 Å². The fraction of sp³-hybridized carbons (Fsp3) is 0.500. The van der Waals surface area contributed by atoms with Gasteiger partial charge in [-0.1, -0.05) is 86.6 Å². The Morgan fingerprint density at radius 3 is 1.82 bits per heavy atom. The number of thiol groups is 2. The predicted molar refractivity (Wildman–Crippen MR) is 410 cm³/mol. The number of likely N-dealkylation sites (tertiary alicyclic amines) is 1. The van der Waals surface area contributed by atoms with Crippen molar-refractivity contribution in [3.63, 3.8) is 0 Å². The molecule has 16 N–H and O–H groups in total. The predicted octanol–water partition coefficient (Wildman–Crippen LogP) is 1.91. The highest BCUT2D eigenvalue weighted by molar-refractivity contribution is 7.80. The number of aromatic nitrogens is 2. The minimum atomic E-state index is -1.70. The first-order valence-corrected chi connectivity index (χ1v) is 38.1. The lowest BCUT2D eigenvalue weighted by molar-refractivity contribution is -0.145. The highest BCUT2D eigenvalue weighted by atomic mass is 32.1. The highest BCUT2D eigenvalue weighted by Gasteiger charge is 2.42. The fourth-order valence-corrected chi connectivity index (χ4v) is 14.9. The zero-order valence-corrected chi connectivity index (χ0v) is 62.5. The minimum Gasteiger partial charge on any atom is -0.508 e. The van der Waals surface area contributed by atoms with Gasteiger partial charge in [-0.15, -0.1) is 0 Å². The van der Waals surface area contributed by atoms with E-state index in [9.17, 15) is 58.5 Å². The van der Waals surface area contributed by atoms with Gasteiger partial charge in [0, 0.05) is 129 Å². The number of piperazine rings is 1. The summed E-state index contributed by atoms with van der Waals surface area (Å²) in [5.41, 5.74) is 12.3. The number of aliphatic carboxylic acids is 1. The normalized spacial score (nSPS) is 18.5. The van der Waals surface area contributed by atoms with E-state index in [1.165, 1.54) is 41.1 Å². The number of alkyl carbamates (subject to hydrolysis) is 1. The van der Waals surface area contributed by atoms with Crippen LogP contribution in [0.25, 0.3) is 21.8 Å². The van der Waals surface area contributed by atoms with Crippen molar-refractivity contribution >= 4 is 106 Å². The number of carbonyl (C=O) groups is 10. The van der Waals surface area contributed by atoms with Gasteiger partial charge in [0.2, 0.25) is 47.3 Å². The quantitative estimate of drug-likeness (QED) is 0.0194. The van der Waals surface area contributed by atoms with Crippen molar-refractivity contribution in [2.45, 2.75) is 151 Å². The number of nitrogens with zero attached hydrogens (tertiary/aromatic N) is 3. The van der Waals surface area contributed by atoms with Crippen LogP contribution in [0, 0.1) is 5.92 Å². The zero-order chi connectivity index (χ0) is 76.7. The van der Waals surface area contributed by atoms with Gasteiger partial charge in [-0.3, -0.25) is 53.1 Å². The summed E-state index contributed by atoms with van der Waals surface area (Å²) in [5, 5.41) is 56.0. The van der Waals surface area contributed by atoms with Crippen LogP contribution in [0.3, 0.4) is 0 Å². The van der Waals surface area contributed by atoms with E-state index in [0.29, 0.717) is 98.3 Å². The largest absolute Gasteiger partial charge is 0.508 e. The van der Waals surface area contributed by atoms with Crippen LogP contribution in [-0.2, 0) is 73.6 Å². The molecule has 4 aromatic carbocycles. The molecule has 2 aliphatic heterocycles. The standard InChI is InChI=1S/C76H103N15O14S2/c1-4-27-91-40-48(33-54-53-17-13-20-57-66(53)50(39-80-57)37-64(54)91)42-105-76(104)78-26-28-89-29-31-90(32-30-89)41-65(94)81-59(34-46-14-7-6-8-15-46)70(97)87-62(43-106)73(100)84-60(35-47-21-23-51(93)24-22-47)71(98)85-61(36-49-38-79-56-18-10-9-16-52(49)56)72(99)83-58(19-11-12-25-77)69(96)82-55(5-2)68(95)86-63(44-107)74(101)88-67(45(3)92)75(102)103/h6-10,13-18,20-24,38-39,45,48,54-55,58-64,67,79-80,92-93,106-107H,4-5,11-12,19,25-37,40-44,77H2,1-3H3,(H,78,104)(H,81,94)(H,82,96)(H,83,99)(H,84,100)(H,85,98)(H,86,95)(H,87,97)(H,88,101)(H,102,103)/t45-,48-,54?,55+,58+,59-,60+,61-,62+,63+,64?,67+/m1/s1. The summed E-state index contributed by atoms with van der Waals surface area (Å²) in [6, 6.07) is 17.8. The average molecular weight is 1510 g/mol. The summed E-state index contributed by atoms with van der Waals surface area (Å²) in [7, 11) is 0. The van der Waals surface area contributed by atoms with E-state index < -0.39 is 114 Å². The third kappa shape index (κ3) is 22.9. The molecule has 6 aromatic rings. The smallest absolute Gasteiger partial charge is 0.407 e. The number of carbonyl (C=O) groups excluding carboxylic acids is 9. The summed E-state index contributed by atoms with van der Waals surface area (Å²) in [6.07, 6.45) is 5.33. The molecule has 12 atom stereocenters. The Labute approximate surface area is 633 Å². The first kappa shape index (κ1) is 81.8. The number of phenols is 1. The number of aromatic amines is 2. The van der Waals surface area contributed by atoms with Gasteiger partial charge < -0.3 is 83.6 Å². The number of piperidine rings is 1. The molecule has 0 saturated carbocycles. The van der Waals surface area contributed by atoms with Gasteiger partial charge in [-0.25, -0.2) is 9.59 Å². The number of aliphatic hydroxyl groups is 1. The summed E-state index contributed by atoms with van der Waals surface area (Å²) >= 11 is 8.64. The maximum atomic E-state index is 15.1. The van der Waals surface area contributed by atoms with Crippen LogP contribution >= 0.6 is 25.3 Å². The minimum absolute atomic E-state index is 0.0123. The molecule has 9 amide bonds. The summed E-state index contributed by atoms with van der Waals surface area (Å²) in [4.78, 5) is 153. The van der Waals surface area contributed by atoms with Crippen molar-refractivity contribution < 1.29 is 68.0 Å². The Hall–Kier alpha value is -9.24. The molecule has 2 aromatic heterocycles. The van der Waals surface area contributed by atoms with E-state index >= 15 is 4.79 Å². The Balaban J connectivity index is 0.816. The molecule has 4 heterocycles. The molecule has 3 aliphatic rings. The number of nitrogens with two attached hydrogens (primary N) is 1. The number of aliphatic hydroxyl groups excluding tert-OH is 1.